The number of ether oxygens (including phenoxy) is 1. The Morgan fingerprint density at radius 1 is 1.25 bits per heavy atom. The van der Waals surface area contributed by atoms with Crippen LogP contribution in [0.1, 0.15) is 92.4 Å². The van der Waals surface area contributed by atoms with Crippen molar-refractivity contribution in [3.8, 4) is 0 Å². The number of carbonyl (C=O) groups excluding carboxylic acids is 1. The van der Waals surface area contributed by atoms with Crippen LogP contribution in [0.5, 0.6) is 0 Å². The fourth-order valence-corrected chi connectivity index (χ4v) is 4.61. The fourth-order valence-electron chi connectivity index (χ4n) is 4.61. The van der Waals surface area contributed by atoms with Gasteiger partial charge in [0, 0.05) is 12.5 Å². The van der Waals surface area contributed by atoms with Gasteiger partial charge in [-0.05, 0) is 63.2 Å². The molecule has 1 rings (SSSR count). The number of aliphatic hydroxyl groups is 1. The maximum Gasteiger partial charge on any atom is 0.123 e. The van der Waals surface area contributed by atoms with E-state index in [2.05, 4.69) is 20.8 Å². The molecular formula is C21H40O3. The Morgan fingerprint density at radius 3 is 2.46 bits per heavy atom. The van der Waals surface area contributed by atoms with E-state index in [0.29, 0.717) is 12.5 Å². The smallest absolute Gasteiger partial charge is 0.123 e. The van der Waals surface area contributed by atoms with E-state index in [9.17, 15) is 9.90 Å². The molecule has 3 nitrogen and oxygen atoms in total. The van der Waals surface area contributed by atoms with E-state index in [1.807, 2.05) is 13.8 Å². The summed E-state index contributed by atoms with van der Waals surface area (Å²) in [6.45, 7) is 11.5. The maximum absolute atomic E-state index is 11.5. The number of unbranched alkanes of at least 4 members (excludes halogenated alkanes) is 1. The van der Waals surface area contributed by atoms with Crippen LogP contribution in [0.25, 0.3) is 0 Å². The highest BCUT2D eigenvalue weighted by Crippen LogP contribution is 2.52. The molecule has 1 saturated carbocycles. The molecule has 0 radical (unpaired) electrons. The molecule has 4 atom stereocenters. The Kier molecular flexibility index (Phi) is 8.94. The van der Waals surface area contributed by atoms with Gasteiger partial charge in [0.15, 0.2) is 0 Å². The van der Waals surface area contributed by atoms with Crippen LogP contribution in [0.15, 0.2) is 0 Å². The van der Waals surface area contributed by atoms with Gasteiger partial charge in [0.1, 0.15) is 6.29 Å². The summed E-state index contributed by atoms with van der Waals surface area (Å²) >= 11 is 0. The Hall–Kier alpha value is -0.410. The van der Waals surface area contributed by atoms with Crippen LogP contribution in [0.2, 0.25) is 0 Å². The number of hydrogen-bond acceptors (Lipinski definition) is 3. The van der Waals surface area contributed by atoms with Gasteiger partial charge in [0.25, 0.3) is 0 Å². The average molecular weight is 341 g/mol. The first-order chi connectivity index (χ1) is 11.4. The van der Waals surface area contributed by atoms with Crippen molar-refractivity contribution < 1.29 is 14.6 Å². The van der Waals surface area contributed by atoms with Crippen LogP contribution >= 0.6 is 0 Å². The molecule has 0 aromatic carbocycles. The molecule has 0 saturated heterocycles. The molecule has 0 spiro atoms. The SMILES string of the molecule is CCCCC1(C)C(C=O)CCC1C(C)OCCCC(O)(CC)CC. The summed E-state index contributed by atoms with van der Waals surface area (Å²) in [6, 6.07) is 0. The molecule has 0 aromatic rings. The maximum atomic E-state index is 11.5. The van der Waals surface area contributed by atoms with Crippen LogP contribution in [-0.2, 0) is 9.53 Å². The van der Waals surface area contributed by atoms with E-state index in [-0.39, 0.29) is 17.4 Å². The predicted octanol–water partition coefficient (Wildman–Crippen LogP) is 5.14. The van der Waals surface area contributed by atoms with Crippen LogP contribution in [-0.4, -0.2) is 29.7 Å². The highest BCUT2D eigenvalue weighted by molar-refractivity contribution is 5.56. The van der Waals surface area contributed by atoms with Crippen molar-refractivity contribution in [2.45, 2.75) is 104 Å². The third kappa shape index (κ3) is 5.29. The molecule has 1 aliphatic carbocycles. The summed E-state index contributed by atoms with van der Waals surface area (Å²) < 4.78 is 6.15. The molecule has 1 N–H and O–H groups in total. The van der Waals surface area contributed by atoms with Crippen molar-refractivity contribution in [2.75, 3.05) is 6.61 Å². The zero-order chi connectivity index (χ0) is 18.2. The van der Waals surface area contributed by atoms with Gasteiger partial charge in [-0.15, -0.1) is 0 Å². The summed E-state index contributed by atoms with van der Waals surface area (Å²) in [5.41, 5.74) is -0.442. The van der Waals surface area contributed by atoms with Crippen molar-refractivity contribution in [3.63, 3.8) is 0 Å². The average Bonchev–Trinajstić information content (AvgIpc) is 2.93. The zero-order valence-corrected chi connectivity index (χ0v) is 16.6. The first-order valence-corrected chi connectivity index (χ1v) is 10.2. The molecule has 0 bridgehead atoms. The van der Waals surface area contributed by atoms with Gasteiger partial charge in [0.2, 0.25) is 0 Å². The van der Waals surface area contributed by atoms with Crippen LogP contribution in [0.3, 0.4) is 0 Å². The highest BCUT2D eigenvalue weighted by atomic mass is 16.5. The standard InChI is InChI=1S/C21H40O3/c1-6-9-13-20(5)18(16-22)11-12-19(20)17(4)24-15-10-14-21(23,7-2)8-3/h16-19,23H,6-15H2,1-5H3. The topological polar surface area (TPSA) is 46.5 Å². The number of hydrogen-bond donors (Lipinski definition) is 1. The van der Waals surface area contributed by atoms with E-state index in [1.165, 1.54) is 19.1 Å². The summed E-state index contributed by atoms with van der Waals surface area (Å²) in [5, 5.41) is 10.4. The monoisotopic (exact) mass is 340 g/mol. The molecule has 24 heavy (non-hydrogen) atoms. The van der Waals surface area contributed by atoms with Crippen LogP contribution in [0, 0.1) is 17.3 Å². The molecule has 0 aliphatic heterocycles. The minimum atomic E-state index is -0.530. The Bertz CT molecular complexity index is 364. The molecule has 4 unspecified atom stereocenters. The summed E-state index contributed by atoms with van der Waals surface area (Å²) in [5.74, 6) is 0.654. The molecule has 0 amide bonds. The van der Waals surface area contributed by atoms with Crippen LogP contribution < -0.4 is 0 Å². The summed E-state index contributed by atoms with van der Waals surface area (Å²) in [6.07, 6.45) is 10.3. The third-order valence-electron chi connectivity index (χ3n) is 6.77. The first kappa shape index (κ1) is 21.6. The second kappa shape index (κ2) is 9.91. The normalized spacial score (nSPS) is 28.9. The minimum Gasteiger partial charge on any atom is -0.390 e. The minimum absolute atomic E-state index is 0.0880. The lowest BCUT2D eigenvalue weighted by Gasteiger charge is -2.38. The molecule has 142 valence electrons. The molecule has 0 heterocycles. The quantitative estimate of drug-likeness (QED) is 0.395. The van der Waals surface area contributed by atoms with Gasteiger partial charge in [-0.2, -0.15) is 0 Å². The molecule has 0 aromatic heterocycles. The van der Waals surface area contributed by atoms with E-state index >= 15 is 0 Å². The van der Waals surface area contributed by atoms with Crippen molar-refractivity contribution >= 4 is 6.29 Å². The summed E-state index contributed by atoms with van der Waals surface area (Å²) in [7, 11) is 0. The van der Waals surface area contributed by atoms with E-state index in [0.717, 1.165) is 44.9 Å². The lowest BCUT2D eigenvalue weighted by molar-refractivity contribution is -0.115. The Labute approximate surface area is 149 Å². The number of aldehydes is 1. The van der Waals surface area contributed by atoms with E-state index in [1.54, 1.807) is 0 Å². The van der Waals surface area contributed by atoms with Crippen molar-refractivity contribution in [2.24, 2.45) is 17.3 Å². The van der Waals surface area contributed by atoms with Gasteiger partial charge in [-0.3, -0.25) is 0 Å². The van der Waals surface area contributed by atoms with Gasteiger partial charge >= 0.3 is 0 Å². The van der Waals surface area contributed by atoms with Crippen molar-refractivity contribution in [3.05, 3.63) is 0 Å². The summed E-state index contributed by atoms with van der Waals surface area (Å²) in [4.78, 5) is 11.5. The van der Waals surface area contributed by atoms with Crippen molar-refractivity contribution in [1.82, 2.24) is 0 Å². The Balaban J connectivity index is 2.53. The fraction of sp³-hybridized carbons (Fsp3) is 0.952. The largest absolute Gasteiger partial charge is 0.390 e. The molecular weight excluding hydrogens is 300 g/mol. The van der Waals surface area contributed by atoms with Gasteiger partial charge in [-0.1, -0.05) is 40.5 Å². The van der Waals surface area contributed by atoms with E-state index in [4.69, 9.17) is 4.74 Å². The van der Waals surface area contributed by atoms with Gasteiger partial charge < -0.3 is 14.6 Å². The highest BCUT2D eigenvalue weighted by Gasteiger charge is 2.48. The van der Waals surface area contributed by atoms with Crippen LogP contribution in [0.4, 0.5) is 0 Å². The van der Waals surface area contributed by atoms with Gasteiger partial charge in [0.05, 0.1) is 11.7 Å². The lowest BCUT2D eigenvalue weighted by atomic mass is 9.69. The molecule has 1 aliphatic rings. The molecule has 1 fully saturated rings. The predicted molar refractivity (Wildman–Crippen MR) is 100 cm³/mol. The number of carbonyl (C=O) groups is 1. The van der Waals surface area contributed by atoms with Gasteiger partial charge in [-0.25, -0.2) is 0 Å². The lowest BCUT2D eigenvalue weighted by Crippen LogP contribution is -2.37. The Morgan fingerprint density at radius 2 is 1.92 bits per heavy atom. The first-order valence-electron chi connectivity index (χ1n) is 10.2. The molecule has 3 heteroatoms. The van der Waals surface area contributed by atoms with E-state index < -0.39 is 5.60 Å². The second-order valence-electron chi connectivity index (χ2n) is 8.15. The number of rotatable bonds is 12. The third-order valence-corrected chi connectivity index (χ3v) is 6.77. The second-order valence-corrected chi connectivity index (χ2v) is 8.15. The zero-order valence-electron chi connectivity index (χ0n) is 16.6. The van der Waals surface area contributed by atoms with Crippen molar-refractivity contribution in [1.29, 1.82) is 0 Å².